The van der Waals surface area contributed by atoms with Crippen LogP contribution in [-0.2, 0) is 0 Å². The standard InChI is InChI=1S/C5H12N2.2ClH/c1-4-2-7-3-5(4)6;;/h4-5,7H,2-3,6H2,1H3;2*1H/t4-,5-;;/m1../s1. The Labute approximate surface area is 68.4 Å². The van der Waals surface area contributed by atoms with E-state index in [1.165, 1.54) is 0 Å². The minimum Gasteiger partial charge on any atom is -0.326 e. The van der Waals surface area contributed by atoms with Gasteiger partial charge < -0.3 is 11.1 Å². The fourth-order valence-electron chi connectivity index (χ4n) is 0.830. The maximum absolute atomic E-state index is 5.62. The van der Waals surface area contributed by atoms with Gasteiger partial charge in [-0.1, -0.05) is 6.92 Å². The molecule has 0 spiro atoms. The molecule has 0 unspecified atom stereocenters. The first-order valence-corrected chi connectivity index (χ1v) is 2.77. The van der Waals surface area contributed by atoms with Gasteiger partial charge in [-0.15, -0.1) is 24.8 Å². The van der Waals surface area contributed by atoms with Gasteiger partial charge in [0.25, 0.3) is 0 Å². The zero-order valence-corrected chi connectivity index (χ0v) is 7.10. The third-order valence-electron chi connectivity index (χ3n) is 1.58. The van der Waals surface area contributed by atoms with Gasteiger partial charge in [0.15, 0.2) is 0 Å². The molecule has 1 saturated heterocycles. The number of nitrogens with one attached hydrogen (secondary N) is 1. The minimum atomic E-state index is 0. The number of halogens is 2. The van der Waals surface area contributed by atoms with Crippen LogP contribution in [0.15, 0.2) is 0 Å². The molecule has 1 aliphatic heterocycles. The van der Waals surface area contributed by atoms with E-state index in [1.807, 2.05) is 0 Å². The first-order chi connectivity index (χ1) is 3.30. The van der Waals surface area contributed by atoms with Gasteiger partial charge in [0.2, 0.25) is 0 Å². The normalized spacial score (nSPS) is 32.7. The fourth-order valence-corrected chi connectivity index (χ4v) is 0.830. The molecule has 1 fully saturated rings. The molecule has 0 aliphatic carbocycles. The second-order valence-electron chi connectivity index (χ2n) is 2.30. The first kappa shape index (κ1) is 12.2. The Kier molecular flexibility index (Phi) is 7.18. The van der Waals surface area contributed by atoms with Gasteiger partial charge in [-0.3, -0.25) is 0 Å². The lowest BCUT2D eigenvalue weighted by Crippen LogP contribution is -2.26. The van der Waals surface area contributed by atoms with Crippen molar-refractivity contribution < 1.29 is 0 Å². The lowest BCUT2D eigenvalue weighted by Gasteiger charge is -2.03. The SMILES string of the molecule is C[C@@H]1CNC[C@H]1N.Cl.Cl. The van der Waals surface area contributed by atoms with Crippen molar-refractivity contribution in [3.8, 4) is 0 Å². The van der Waals surface area contributed by atoms with Crippen molar-refractivity contribution >= 4 is 24.8 Å². The summed E-state index contributed by atoms with van der Waals surface area (Å²) < 4.78 is 0. The van der Waals surface area contributed by atoms with Gasteiger partial charge >= 0.3 is 0 Å². The highest BCUT2D eigenvalue weighted by Gasteiger charge is 2.17. The number of hydrogen-bond acceptors (Lipinski definition) is 2. The maximum Gasteiger partial charge on any atom is 0.0203 e. The van der Waals surface area contributed by atoms with Crippen LogP contribution < -0.4 is 11.1 Å². The second kappa shape index (κ2) is 5.30. The van der Waals surface area contributed by atoms with Gasteiger partial charge in [0.1, 0.15) is 0 Å². The number of rotatable bonds is 0. The molecule has 3 N–H and O–H groups in total. The van der Waals surface area contributed by atoms with Gasteiger partial charge in [-0.2, -0.15) is 0 Å². The quantitative estimate of drug-likeness (QED) is 0.556. The molecule has 0 aromatic carbocycles. The lowest BCUT2D eigenvalue weighted by atomic mass is 10.1. The summed E-state index contributed by atoms with van der Waals surface area (Å²) in [6, 6.07) is 0.403. The Hall–Kier alpha value is 0.500. The molecule has 1 heterocycles. The summed E-state index contributed by atoms with van der Waals surface area (Å²) >= 11 is 0. The molecule has 0 bridgehead atoms. The van der Waals surface area contributed by atoms with E-state index in [1.54, 1.807) is 0 Å². The predicted octanol–water partition coefficient (Wildman–Crippen LogP) is 0.397. The Morgan fingerprint density at radius 1 is 1.33 bits per heavy atom. The monoisotopic (exact) mass is 172 g/mol. The highest BCUT2D eigenvalue weighted by molar-refractivity contribution is 5.85. The van der Waals surface area contributed by atoms with Crippen molar-refractivity contribution in [3.05, 3.63) is 0 Å². The van der Waals surface area contributed by atoms with E-state index in [9.17, 15) is 0 Å². The molecule has 2 atom stereocenters. The third kappa shape index (κ3) is 3.26. The minimum absolute atomic E-state index is 0. The van der Waals surface area contributed by atoms with Crippen molar-refractivity contribution in [2.45, 2.75) is 13.0 Å². The summed E-state index contributed by atoms with van der Waals surface area (Å²) in [7, 11) is 0. The van der Waals surface area contributed by atoms with Crippen molar-refractivity contribution in [2.24, 2.45) is 11.7 Å². The molecular weight excluding hydrogens is 159 g/mol. The Bertz CT molecular complexity index is 62.0. The Morgan fingerprint density at radius 3 is 2.00 bits per heavy atom. The summed E-state index contributed by atoms with van der Waals surface area (Å²) in [5, 5.41) is 3.20. The summed E-state index contributed by atoms with van der Waals surface area (Å²) in [6.45, 7) is 4.27. The summed E-state index contributed by atoms with van der Waals surface area (Å²) in [4.78, 5) is 0. The molecule has 1 aliphatic rings. The number of nitrogens with two attached hydrogens (primary N) is 1. The van der Waals surface area contributed by atoms with Crippen molar-refractivity contribution in [2.75, 3.05) is 13.1 Å². The summed E-state index contributed by atoms with van der Waals surface area (Å²) in [5.41, 5.74) is 5.62. The molecule has 1 rings (SSSR count). The molecule has 0 aromatic heterocycles. The van der Waals surface area contributed by atoms with Gasteiger partial charge in [0, 0.05) is 12.6 Å². The van der Waals surface area contributed by atoms with Crippen LogP contribution in [0.4, 0.5) is 0 Å². The van der Waals surface area contributed by atoms with Gasteiger partial charge in [0.05, 0.1) is 0 Å². The topological polar surface area (TPSA) is 38.0 Å². The van der Waals surface area contributed by atoms with Crippen LogP contribution in [0, 0.1) is 5.92 Å². The van der Waals surface area contributed by atoms with E-state index in [0.717, 1.165) is 13.1 Å². The Morgan fingerprint density at radius 2 is 1.89 bits per heavy atom. The van der Waals surface area contributed by atoms with E-state index in [-0.39, 0.29) is 24.8 Å². The van der Waals surface area contributed by atoms with Crippen LogP contribution in [-0.4, -0.2) is 19.1 Å². The zero-order valence-electron chi connectivity index (χ0n) is 5.46. The molecule has 58 valence electrons. The van der Waals surface area contributed by atoms with Crippen LogP contribution in [0.3, 0.4) is 0 Å². The second-order valence-corrected chi connectivity index (χ2v) is 2.30. The molecule has 0 saturated carbocycles. The molecule has 2 nitrogen and oxygen atoms in total. The van der Waals surface area contributed by atoms with E-state index in [2.05, 4.69) is 12.2 Å². The molecule has 4 heteroatoms. The molecule has 0 radical (unpaired) electrons. The lowest BCUT2D eigenvalue weighted by molar-refractivity contribution is 0.565. The smallest absolute Gasteiger partial charge is 0.0203 e. The van der Waals surface area contributed by atoms with Gasteiger partial charge in [-0.25, -0.2) is 0 Å². The molecular formula is C5H14Cl2N2. The summed E-state index contributed by atoms with van der Waals surface area (Å²) in [6.07, 6.45) is 0. The summed E-state index contributed by atoms with van der Waals surface area (Å²) in [5.74, 6) is 0.681. The van der Waals surface area contributed by atoms with E-state index < -0.39 is 0 Å². The fraction of sp³-hybridized carbons (Fsp3) is 1.00. The number of hydrogen-bond donors (Lipinski definition) is 2. The average molecular weight is 173 g/mol. The van der Waals surface area contributed by atoms with Crippen molar-refractivity contribution in [3.63, 3.8) is 0 Å². The largest absolute Gasteiger partial charge is 0.326 e. The van der Waals surface area contributed by atoms with Crippen molar-refractivity contribution in [1.82, 2.24) is 5.32 Å². The van der Waals surface area contributed by atoms with Crippen LogP contribution in [0.1, 0.15) is 6.92 Å². The van der Waals surface area contributed by atoms with Crippen LogP contribution in [0.5, 0.6) is 0 Å². The van der Waals surface area contributed by atoms with E-state index in [0.29, 0.717) is 12.0 Å². The van der Waals surface area contributed by atoms with Crippen LogP contribution >= 0.6 is 24.8 Å². The zero-order chi connectivity index (χ0) is 5.28. The highest BCUT2D eigenvalue weighted by Crippen LogP contribution is 2.02. The maximum atomic E-state index is 5.62. The van der Waals surface area contributed by atoms with E-state index in [4.69, 9.17) is 5.73 Å². The molecule has 9 heavy (non-hydrogen) atoms. The van der Waals surface area contributed by atoms with Crippen molar-refractivity contribution in [1.29, 1.82) is 0 Å². The molecule has 0 aromatic rings. The first-order valence-electron chi connectivity index (χ1n) is 2.77. The third-order valence-corrected chi connectivity index (χ3v) is 1.58. The molecule has 0 amide bonds. The van der Waals surface area contributed by atoms with Crippen LogP contribution in [0.2, 0.25) is 0 Å². The highest BCUT2D eigenvalue weighted by atomic mass is 35.5. The van der Waals surface area contributed by atoms with Gasteiger partial charge in [-0.05, 0) is 12.5 Å². The Balaban J connectivity index is 0. The van der Waals surface area contributed by atoms with E-state index >= 15 is 0 Å². The van der Waals surface area contributed by atoms with Crippen LogP contribution in [0.25, 0.3) is 0 Å². The average Bonchev–Trinajstić information content (AvgIpc) is 1.91. The predicted molar refractivity (Wildman–Crippen MR) is 44.5 cm³/mol.